The summed E-state index contributed by atoms with van der Waals surface area (Å²) in [6.45, 7) is 2.12. The second-order valence-corrected chi connectivity index (χ2v) is 11.8. The third kappa shape index (κ3) is 4.34. The van der Waals surface area contributed by atoms with Crippen molar-refractivity contribution >= 4 is 43.5 Å². The van der Waals surface area contributed by atoms with Crippen LogP contribution in [0, 0.1) is 6.92 Å². The van der Waals surface area contributed by atoms with Crippen LogP contribution in [0.5, 0.6) is 0 Å². The highest BCUT2D eigenvalue weighted by Crippen LogP contribution is 2.33. The third-order valence-corrected chi connectivity index (χ3v) is 8.85. The molecule has 9 rings (SSSR count). The molecule has 0 unspecified atom stereocenters. The fourth-order valence-electron chi connectivity index (χ4n) is 6.72. The molecular formula is C42H28N4. The minimum Gasteiger partial charge on any atom is -0.308 e. The average molecular weight is 589 g/mol. The van der Waals surface area contributed by atoms with Crippen molar-refractivity contribution in [2.24, 2.45) is 0 Å². The van der Waals surface area contributed by atoms with Crippen molar-refractivity contribution in [3.8, 4) is 39.6 Å². The molecule has 0 aliphatic rings. The summed E-state index contributed by atoms with van der Waals surface area (Å²) in [5, 5.41) is 6.12. The smallest absolute Gasteiger partial charge is 0.0963 e. The van der Waals surface area contributed by atoms with E-state index in [-0.39, 0.29) is 0 Å². The zero-order valence-corrected chi connectivity index (χ0v) is 25.2. The molecule has 0 amide bonds. The molecule has 9 aromatic rings. The fourth-order valence-corrected chi connectivity index (χ4v) is 6.72. The zero-order valence-electron chi connectivity index (χ0n) is 25.2. The first kappa shape index (κ1) is 26.3. The summed E-state index contributed by atoms with van der Waals surface area (Å²) in [4.78, 5) is 15.0. The summed E-state index contributed by atoms with van der Waals surface area (Å²) in [7, 11) is 0. The van der Waals surface area contributed by atoms with Crippen molar-refractivity contribution < 1.29 is 0 Å². The summed E-state index contributed by atoms with van der Waals surface area (Å²) in [6, 6.07) is 51.2. The summed E-state index contributed by atoms with van der Waals surface area (Å²) in [5.74, 6) is 0. The predicted molar refractivity (Wildman–Crippen MR) is 190 cm³/mol. The number of pyridine rings is 3. The highest BCUT2D eigenvalue weighted by Gasteiger charge is 2.14. The van der Waals surface area contributed by atoms with Crippen LogP contribution in [0.3, 0.4) is 0 Å². The minimum atomic E-state index is 0.852. The maximum absolute atomic E-state index is 5.16. The maximum Gasteiger partial charge on any atom is 0.0963 e. The van der Waals surface area contributed by atoms with Crippen LogP contribution in [0.2, 0.25) is 0 Å². The van der Waals surface area contributed by atoms with Crippen molar-refractivity contribution in [2.45, 2.75) is 6.92 Å². The van der Waals surface area contributed by atoms with E-state index >= 15 is 0 Å². The number of aromatic nitrogens is 4. The molecule has 4 heterocycles. The molecule has 0 radical (unpaired) electrons. The van der Waals surface area contributed by atoms with Gasteiger partial charge in [0.05, 0.1) is 39.3 Å². The molecule has 216 valence electrons. The van der Waals surface area contributed by atoms with Gasteiger partial charge in [0.15, 0.2) is 0 Å². The van der Waals surface area contributed by atoms with E-state index in [1.54, 1.807) is 0 Å². The molecule has 0 fully saturated rings. The van der Waals surface area contributed by atoms with Gasteiger partial charge in [-0.3, -0.25) is 4.98 Å². The Morgan fingerprint density at radius 1 is 0.457 bits per heavy atom. The lowest BCUT2D eigenvalue weighted by atomic mass is 9.99. The van der Waals surface area contributed by atoms with Gasteiger partial charge in [-0.25, -0.2) is 9.97 Å². The largest absolute Gasteiger partial charge is 0.308 e. The second kappa shape index (κ2) is 10.5. The lowest BCUT2D eigenvalue weighted by molar-refractivity contribution is 1.17. The van der Waals surface area contributed by atoms with Gasteiger partial charge < -0.3 is 4.57 Å². The molecule has 0 spiro atoms. The summed E-state index contributed by atoms with van der Waals surface area (Å²) >= 11 is 0. The highest BCUT2D eigenvalue weighted by atomic mass is 15.0. The van der Waals surface area contributed by atoms with E-state index in [0.29, 0.717) is 0 Å². The normalized spacial score (nSPS) is 11.6. The number of aryl methyl sites for hydroxylation is 1. The van der Waals surface area contributed by atoms with E-state index in [9.17, 15) is 0 Å². The molecule has 4 aromatic heterocycles. The lowest BCUT2D eigenvalue weighted by Gasteiger charge is -2.12. The van der Waals surface area contributed by atoms with Crippen LogP contribution in [0.4, 0.5) is 0 Å². The molecular weight excluding hydrogens is 560 g/mol. The van der Waals surface area contributed by atoms with Gasteiger partial charge in [0.1, 0.15) is 0 Å². The molecule has 0 aliphatic heterocycles. The van der Waals surface area contributed by atoms with Gasteiger partial charge in [0.25, 0.3) is 0 Å². The van der Waals surface area contributed by atoms with Gasteiger partial charge in [-0.2, -0.15) is 0 Å². The second-order valence-electron chi connectivity index (χ2n) is 11.8. The Hall–Kier alpha value is -6.13. The zero-order chi connectivity index (χ0) is 30.6. The van der Waals surface area contributed by atoms with Crippen molar-refractivity contribution in [3.63, 3.8) is 0 Å². The Bertz CT molecular complexity index is 2560. The first-order valence-electron chi connectivity index (χ1n) is 15.5. The minimum absolute atomic E-state index is 0.852. The van der Waals surface area contributed by atoms with Crippen LogP contribution >= 0.6 is 0 Å². The molecule has 0 bridgehead atoms. The van der Waals surface area contributed by atoms with E-state index in [4.69, 9.17) is 15.0 Å². The molecule has 0 saturated heterocycles. The van der Waals surface area contributed by atoms with Crippen molar-refractivity contribution in [1.29, 1.82) is 0 Å². The molecule has 0 saturated carbocycles. The molecule has 0 aliphatic carbocycles. The van der Waals surface area contributed by atoms with Gasteiger partial charge in [-0.15, -0.1) is 0 Å². The van der Waals surface area contributed by atoms with Crippen molar-refractivity contribution in [2.75, 3.05) is 0 Å². The molecule has 0 atom stereocenters. The van der Waals surface area contributed by atoms with Crippen LogP contribution in [0.15, 0.2) is 152 Å². The standard InChI is InChI=1S/C42H28N4/c1-27-23-38(30-10-6-11-32(26-30)46-40-16-5-4-13-35(40)42-41(46)17-8-22-43-42)45-39(24-27)37-15-7-14-36(44-37)31-20-21-34-29(25-31)19-18-28-9-2-3-12-33(28)34/h2-26H,1H3. The van der Waals surface area contributed by atoms with E-state index < -0.39 is 0 Å². The van der Waals surface area contributed by atoms with Gasteiger partial charge in [-0.05, 0) is 94.7 Å². The van der Waals surface area contributed by atoms with Crippen LogP contribution in [-0.4, -0.2) is 19.5 Å². The van der Waals surface area contributed by atoms with Crippen LogP contribution < -0.4 is 0 Å². The number of nitrogens with zero attached hydrogens (tertiary/aromatic N) is 4. The molecule has 46 heavy (non-hydrogen) atoms. The van der Waals surface area contributed by atoms with Gasteiger partial charge in [0.2, 0.25) is 0 Å². The molecule has 0 N–H and O–H groups in total. The lowest BCUT2D eigenvalue weighted by Crippen LogP contribution is -1.96. The maximum atomic E-state index is 5.16. The molecule has 4 nitrogen and oxygen atoms in total. The average Bonchev–Trinajstić information content (AvgIpc) is 3.46. The van der Waals surface area contributed by atoms with E-state index in [2.05, 4.69) is 145 Å². The topological polar surface area (TPSA) is 43.6 Å². The molecule has 4 heteroatoms. The summed E-state index contributed by atoms with van der Waals surface area (Å²) < 4.78 is 2.29. The Balaban J connectivity index is 1.12. The number of hydrogen-bond acceptors (Lipinski definition) is 3. The first-order chi connectivity index (χ1) is 22.7. The van der Waals surface area contributed by atoms with E-state index in [0.717, 1.165) is 67.1 Å². The Kier molecular flexibility index (Phi) is 6.00. The number of benzene rings is 5. The Morgan fingerprint density at radius 2 is 1.17 bits per heavy atom. The monoisotopic (exact) mass is 588 g/mol. The highest BCUT2D eigenvalue weighted by molar-refractivity contribution is 6.08. The van der Waals surface area contributed by atoms with Crippen LogP contribution in [-0.2, 0) is 0 Å². The summed E-state index contributed by atoms with van der Waals surface area (Å²) in [5.41, 5.74) is 11.1. The van der Waals surface area contributed by atoms with Crippen LogP contribution in [0.25, 0.3) is 83.1 Å². The third-order valence-electron chi connectivity index (χ3n) is 8.85. The van der Waals surface area contributed by atoms with E-state index in [1.807, 2.05) is 18.3 Å². The predicted octanol–water partition coefficient (Wildman–Crippen LogP) is 10.6. The van der Waals surface area contributed by atoms with Gasteiger partial charge >= 0.3 is 0 Å². The fraction of sp³-hybridized carbons (Fsp3) is 0.0238. The van der Waals surface area contributed by atoms with E-state index in [1.165, 1.54) is 21.5 Å². The SMILES string of the molecule is Cc1cc(-c2cccc(-n3c4ccccc4c4ncccc43)c2)nc(-c2cccc(-c3ccc4c(ccc5ccccc54)c3)n2)c1. The van der Waals surface area contributed by atoms with Crippen LogP contribution in [0.1, 0.15) is 5.56 Å². The quantitative estimate of drug-likeness (QED) is 0.192. The van der Waals surface area contributed by atoms with Crippen molar-refractivity contribution in [1.82, 2.24) is 19.5 Å². The first-order valence-corrected chi connectivity index (χ1v) is 15.5. The number of para-hydroxylation sites is 1. The number of rotatable bonds is 4. The molecule has 5 aromatic carbocycles. The summed E-state index contributed by atoms with van der Waals surface area (Å²) in [6.07, 6.45) is 1.86. The van der Waals surface area contributed by atoms with Crippen molar-refractivity contribution in [3.05, 3.63) is 157 Å². The number of hydrogen-bond donors (Lipinski definition) is 0. The Labute approximate surface area is 266 Å². The Morgan fingerprint density at radius 3 is 2.13 bits per heavy atom. The number of fused-ring (bicyclic) bond motifs is 6. The van der Waals surface area contributed by atoms with Gasteiger partial charge in [0, 0.05) is 28.4 Å². The van der Waals surface area contributed by atoms with Gasteiger partial charge in [-0.1, -0.05) is 84.9 Å².